The van der Waals surface area contributed by atoms with E-state index in [4.69, 9.17) is 16.3 Å². The summed E-state index contributed by atoms with van der Waals surface area (Å²) in [6.45, 7) is -0.268. The third kappa shape index (κ3) is 5.07. The van der Waals surface area contributed by atoms with E-state index in [0.717, 1.165) is 10.6 Å². The van der Waals surface area contributed by atoms with Gasteiger partial charge in [-0.2, -0.15) is 5.01 Å². The summed E-state index contributed by atoms with van der Waals surface area (Å²) in [4.78, 5) is 59.7. The van der Waals surface area contributed by atoms with Crippen LogP contribution in [0.3, 0.4) is 0 Å². The molecule has 6 atom stereocenters. The lowest BCUT2D eigenvalue weighted by Crippen LogP contribution is -2.53. The Labute approximate surface area is 298 Å². The van der Waals surface area contributed by atoms with Crippen molar-refractivity contribution in [1.29, 1.82) is 0 Å². The SMILES string of the molecule is O=C1[C@@H]2C[C@@H]3C(=CC[C@@H]4C(=O)N(c5ccccc5)C(=O)[C@@H]43)[C@H](c3ccccc3OCCO)[C@]2(c2ccc(Cl)cc2)C(=O)N1Nc1ccc(F)cc1. The van der Waals surface area contributed by atoms with Crippen molar-refractivity contribution in [2.45, 2.75) is 24.2 Å². The zero-order chi connectivity index (χ0) is 35.4. The number of carbonyl (C=O) groups is 4. The summed E-state index contributed by atoms with van der Waals surface area (Å²) >= 11 is 6.37. The number of anilines is 2. The minimum atomic E-state index is -1.55. The van der Waals surface area contributed by atoms with Crippen LogP contribution in [0.2, 0.25) is 5.02 Å². The molecule has 0 aromatic heterocycles. The number of halogens is 2. The second-order valence-corrected chi connectivity index (χ2v) is 13.8. The van der Waals surface area contributed by atoms with Crippen molar-refractivity contribution in [3.8, 4) is 5.75 Å². The van der Waals surface area contributed by atoms with Gasteiger partial charge in [0.1, 0.15) is 18.2 Å². The lowest BCUT2D eigenvalue weighted by molar-refractivity contribution is -0.138. The van der Waals surface area contributed by atoms with Crippen molar-refractivity contribution in [3.63, 3.8) is 0 Å². The number of allylic oxidation sites excluding steroid dienone is 2. The molecule has 3 fully saturated rings. The molecular formula is C40H33ClFN3O6. The predicted molar refractivity (Wildman–Crippen MR) is 187 cm³/mol. The topological polar surface area (TPSA) is 116 Å². The number of carbonyl (C=O) groups excluding carboxylic acids is 4. The van der Waals surface area contributed by atoms with Crippen LogP contribution in [0.5, 0.6) is 5.75 Å². The molecule has 4 aliphatic rings. The maximum absolute atomic E-state index is 15.3. The van der Waals surface area contributed by atoms with E-state index in [1.807, 2.05) is 24.3 Å². The molecule has 9 nitrogen and oxygen atoms in total. The highest BCUT2D eigenvalue weighted by Gasteiger charge is 2.70. The highest BCUT2D eigenvalue weighted by Crippen LogP contribution is 2.65. The fourth-order valence-electron chi connectivity index (χ4n) is 8.84. The van der Waals surface area contributed by atoms with Crippen molar-refractivity contribution in [2.24, 2.45) is 23.7 Å². The molecule has 0 bridgehead atoms. The Bertz CT molecular complexity index is 2070. The normalized spacial score (nSPS) is 26.8. The monoisotopic (exact) mass is 705 g/mol. The van der Waals surface area contributed by atoms with Gasteiger partial charge in [-0.05, 0) is 78.9 Å². The fraction of sp³-hybridized carbons (Fsp3) is 0.250. The highest BCUT2D eigenvalue weighted by molar-refractivity contribution is 6.30. The van der Waals surface area contributed by atoms with Gasteiger partial charge < -0.3 is 9.84 Å². The summed E-state index contributed by atoms with van der Waals surface area (Å²) in [5.74, 6) is -5.56. The predicted octanol–water partition coefficient (Wildman–Crippen LogP) is 6.04. The van der Waals surface area contributed by atoms with Gasteiger partial charge in [-0.15, -0.1) is 0 Å². The number of nitrogens with zero attached hydrogens (tertiary/aromatic N) is 2. The zero-order valence-electron chi connectivity index (χ0n) is 27.2. The molecular weight excluding hydrogens is 673 g/mol. The van der Waals surface area contributed by atoms with Crippen LogP contribution in [0.15, 0.2) is 115 Å². The molecule has 2 saturated heterocycles. The van der Waals surface area contributed by atoms with E-state index >= 15 is 4.79 Å². The van der Waals surface area contributed by atoms with E-state index in [1.165, 1.54) is 29.2 Å². The second kappa shape index (κ2) is 12.8. The van der Waals surface area contributed by atoms with Gasteiger partial charge in [-0.1, -0.05) is 71.8 Å². The van der Waals surface area contributed by atoms with Crippen LogP contribution >= 0.6 is 11.6 Å². The number of nitrogens with one attached hydrogen (secondary N) is 1. The molecule has 0 radical (unpaired) electrons. The maximum Gasteiger partial charge on any atom is 0.260 e. The Kier molecular flexibility index (Phi) is 8.23. The number of aliphatic hydroxyl groups excluding tert-OH is 1. The first kappa shape index (κ1) is 32.9. The smallest absolute Gasteiger partial charge is 0.260 e. The van der Waals surface area contributed by atoms with Gasteiger partial charge in [-0.3, -0.25) is 29.5 Å². The van der Waals surface area contributed by atoms with E-state index in [9.17, 15) is 23.9 Å². The molecule has 2 aliphatic carbocycles. The van der Waals surface area contributed by atoms with Crippen molar-refractivity contribution in [3.05, 3.63) is 137 Å². The van der Waals surface area contributed by atoms with Crippen LogP contribution in [0.1, 0.15) is 29.9 Å². The summed E-state index contributed by atoms with van der Waals surface area (Å²) in [7, 11) is 0. The molecule has 8 rings (SSSR count). The van der Waals surface area contributed by atoms with Gasteiger partial charge in [0.05, 0.1) is 41.2 Å². The molecule has 0 spiro atoms. The lowest BCUT2D eigenvalue weighted by atomic mass is 9.49. The quantitative estimate of drug-likeness (QED) is 0.170. The van der Waals surface area contributed by atoms with E-state index < -0.39 is 52.6 Å². The van der Waals surface area contributed by atoms with Crippen molar-refractivity contribution in [1.82, 2.24) is 5.01 Å². The molecule has 2 heterocycles. The van der Waals surface area contributed by atoms with E-state index in [-0.39, 0.29) is 37.9 Å². The average molecular weight is 706 g/mol. The molecule has 4 aromatic carbocycles. The molecule has 51 heavy (non-hydrogen) atoms. The average Bonchev–Trinajstić information content (AvgIpc) is 3.53. The summed E-state index contributed by atoms with van der Waals surface area (Å²) in [5.41, 5.74) is 4.13. The van der Waals surface area contributed by atoms with Crippen LogP contribution in [0.4, 0.5) is 15.8 Å². The van der Waals surface area contributed by atoms with Gasteiger partial charge in [0.15, 0.2) is 0 Å². The molecule has 0 unspecified atom stereocenters. The van der Waals surface area contributed by atoms with Crippen LogP contribution in [-0.4, -0.2) is 47.0 Å². The van der Waals surface area contributed by atoms with E-state index in [1.54, 1.807) is 60.7 Å². The number of aliphatic hydroxyl groups is 1. The van der Waals surface area contributed by atoms with Gasteiger partial charge in [0.2, 0.25) is 11.8 Å². The van der Waals surface area contributed by atoms with E-state index in [0.29, 0.717) is 33.3 Å². The first-order chi connectivity index (χ1) is 24.7. The zero-order valence-corrected chi connectivity index (χ0v) is 28.0. The molecule has 1 saturated carbocycles. The third-order valence-corrected chi connectivity index (χ3v) is 11.1. The largest absolute Gasteiger partial charge is 0.491 e. The van der Waals surface area contributed by atoms with Crippen LogP contribution in [0, 0.1) is 29.5 Å². The van der Waals surface area contributed by atoms with Crippen LogP contribution in [0.25, 0.3) is 0 Å². The number of para-hydroxylation sites is 2. The van der Waals surface area contributed by atoms with E-state index in [2.05, 4.69) is 5.43 Å². The van der Waals surface area contributed by atoms with Gasteiger partial charge in [-0.25, -0.2) is 4.39 Å². The Morgan fingerprint density at radius 3 is 2.27 bits per heavy atom. The summed E-state index contributed by atoms with van der Waals surface area (Å²) in [6, 6.07) is 28.2. The minimum absolute atomic E-state index is 0.0154. The van der Waals surface area contributed by atoms with Crippen molar-refractivity contribution < 1.29 is 33.4 Å². The summed E-state index contributed by atoms with van der Waals surface area (Å²) < 4.78 is 19.9. The van der Waals surface area contributed by atoms with Gasteiger partial charge in [0, 0.05) is 16.5 Å². The number of hydrogen-bond donors (Lipinski definition) is 2. The first-order valence-electron chi connectivity index (χ1n) is 16.9. The molecule has 4 amide bonds. The third-order valence-electron chi connectivity index (χ3n) is 10.8. The van der Waals surface area contributed by atoms with Gasteiger partial charge >= 0.3 is 0 Å². The van der Waals surface area contributed by atoms with Crippen LogP contribution < -0.4 is 15.1 Å². The van der Waals surface area contributed by atoms with Crippen molar-refractivity contribution in [2.75, 3.05) is 23.5 Å². The first-order valence-corrected chi connectivity index (χ1v) is 17.3. The Morgan fingerprint density at radius 2 is 1.55 bits per heavy atom. The summed E-state index contributed by atoms with van der Waals surface area (Å²) in [5, 5.41) is 11.2. The number of hydrazine groups is 1. The number of ether oxygens (including phenoxy) is 1. The number of benzene rings is 4. The number of rotatable bonds is 8. The van der Waals surface area contributed by atoms with Crippen LogP contribution in [-0.2, 0) is 24.6 Å². The standard InChI is InChI=1S/C40H33ClFN3O6/c41-24-12-10-23(11-13-24)40-32(37(48)45(39(40)50)43-26-16-14-25(42)15-17-26)22-31-28(35(40)29-8-4-5-9-33(29)51-21-20-46)18-19-30-34(31)38(49)44(36(30)47)27-6-2-1-3-7-27/h1-18,30-32,34-35,43,46H,19-22H2/t30-,31+,32-,34-,35+,40+/m0/s1. The number of amides is 4. The Balaban J connectivity index is 1.34. The fourth-order valence-corrected chi connectivity index (χ4v) is 8.96. The number of fused-ring (bicyclic) bond motifs is 4. The van der Waals surface area contributed by atoms with Gasteiger partial charge in [0.25, 0.3) is 11.8 Å². The molecule has 2 aliphatic heterocycles. The minimum Gasteiger partial charge on any atom is -0.491 e. The molecule has 258 valence electrons. The molecule has 4 aromatic rings. The number of imide groups is 2. The molecule has 11 heteroatoms. The summed E-state index contributed by atoms with van der Waals surface area (Å²) in [6.07, 6.45) is 2.35. The number of hydrogen-bond acceptors (Lipinski definition) is 7. The van der Waals surface area contributed by atoms with Crippen molar-refractivity contribution >= 4 is 46.6 Å². The highest BCUT2D eigenvalue weighted by atomic mass is 35.5. The second-order valence-electron chi connectivity index (χ2n) is 13.3. The molecule has 2 N–H and O–H groups in total. The maximum atomic E-state index is 15.3. The lowest BCUT2D eigenvalue weighted by Gasteiger charge is -2.50. The Morgan fingerprint density at radius 1 is 0.843 bits per heavy atom. The Hall–Kier alpha value is -5.32.